The zero-order valence-corrected chi connectivity index (χ0v) is 28.3. The number of para-hydroxylation sites is 3. The monoisotopic (exact) mass is 664 g/mol. The lowest BCUT2D eigenvalue weighted by Gasteiger charge is -2.18. The van der Waals surface area contributed by atoms with Gasteiger partial charge in [-0.05, 0) is 114 Å². The Kier molecular flexibility index (Phi) is 6.97. The first-order valence-electron chi connectivity index (χ1n) is 17.6. The van der Waals surface area contributed by atoms with Crippen LogP contribution in [-0.2, 0) is 0 Å². The molecule has 0 bridgehead atoms. The van der Waals surface area contributed by atoms with E-state index in [1.54, 1.807) is 4.57 Å². The molecule has 1 aromatic heterocycles. The van der Waals surface area contributed by atoms with Crippen molar-refractivity contribution >= 4 is 43.4 Å². The van der Waals surface area contributed by atoms with E-state index in [1.807, 2.05) is 71.3 Å². The molecule has 0 unspecified atom stereocenters. The largest absolute Gasteiger partial charge is 0.338 e. The van der Waals surface area contributed by atoms with Gasteiger partial charge < -0.3 is 0 Å². The topological polar surface area (TPSA) is 26.9 Å². The number of fused-ring (bicyclic) bond motifs is 4. The normalized spacial score (nSPS) is 11.5. The molecule has 52 heavy (non-hydrogen) atoms. The predicted octanol–water partition coefficient (Wildman–Crippen LogP) is 12.2. The van der Waals surface area contributed by atoms with E-state index in [-0.39, 0.29) is 5.69 Å². The number of hydrogen-bond donors (Lipinski definition) is 0. The summed E-state index contributed by atoms with van der Waals surface area (Å²) in [5.41, 5.74) is 10.3. The van der Waals surface area contributed by atoms with E-state index >= 15 is 0 Å². The molecule has 0 spiro atoms. The minimum absolute atomic E-state index is 0.0947. The smallest absolute Gasteiger partial charge is 0.260 e. The molecule has 10 rings (SSSR count). The van der Waals surface area contributed by atoms with Gasteiger partial charge in [-0.15, -0.1) is 0 Å². The third-order valence-electron chi connectivity index (χ3n) is 10.3. The van der Waals surface area contributed by atoms with E-state index in [4.69, 9.17) is 0 Å². The first kappa shape index (κ1) is 29.9. The summed E-state index contributed by atoms with van der Waals surface area (Å²) < 4.78 is 3.61. The van der Waals surface area contributed by atoms with Crippen LogP contribution in [0.2, 0.25) is 0 Å². The number of imidazole rings is 1. The highest BCUT2D eigenvalue weighted by atomic mass is 16.1. The van der Waals surface area contributed by atoms with Crippen LogP contribution in [0.1, 0.15) is 0 Å². The van der Waals surface area contributed by atoms with Gasteiger partial charge >= 0.3 is 5.69 Å². The zero-order chi connectivity index (χ0) is 34.6. The van der Waals surface area contributed by atoms with Crippen molar-refractivity contribution in [2.45, 2.75) is 0 Å². The standard InChI is InChI=1S/C49H32N2O/c52-49-50(39-19-2-1-3-20-39)45-26-10-11-27-46(45)51(49)40-21-13-17-36(32-40)35-16-12-18-37(31-35)47-41-22-6-8-24-43(41)48(44-25-9-7-23-42(44)47)38-29-28-33-14-4-5-15-34(33)30-38/h1-32H. The maximum atomic E-state index is 14.1. The molecule has 0 fully saturated rings. The Balaban J connectivity index is 1.14. The van der Waals surface area contributed by atoms with Gasteiger partial charge in [-0.2, -0.15) is 0 Å². The molecule has 10 aromatic rings. The van der Waals surface area contributed by atoms with Crippen molar-refractivity contribution in [3.05, 3.63) is 205 Å². The van der Waals surface area contributed by atoms with Crippen molar-refractivity contribution in [1.82, 2.24) is 9.13 Å². The molecule has 0 saturated carbocycles. The summed E-state index contributed by atoms with van der Waals surface area (Å²) in [5, 5.41) is 7.37. The van der Waals surface area contributed by atoms with E-state index in [0.717, 1.165) is 39.1 Å². The molecular weight excluding hydrogens is 633 g/mol. The van der Waals surface area contributed by atoms with Crippen LogP contribution in [0.25, 0.3) is 88.1 Å². The Morgan fingerprint density at radius 3 is 1.42 bits per heavy atom. The summed E-state index contributed by atoms with van der Waals surface area (Å²) in [7, 11) is 0. The number of rotatable bonds is 5. The number of hydrogen-bond acceptors (Lipinski definition) is 1. The lowest BCUT2D eigenvalue weighted by molar-refractivity contribution is 0.931. The third-order valence-corrected chi connectivity index (χ3v) is 10.3. The highest BCUT2D eigenvalue weighted by Crippen LogP contribution is 2.44. The number of aromatic nitrogens is 2. The van der Waals surface area contributed by atoms with E-state index in [9.17, 15) is 4.79 Å². The summed E-state index contributed by atoms with van der Waals surface area (Å²) in [4.78, 5) is 14.1. The Morgan fingerprint density at radius 1 is 0.308 bits per heavy atom. The molecule has 0 radical (unpaired) electrons. The minimum Gasteiger partial charge on any atom is -0.260 e. The second kappa shape index (κ2) is 12.1. The lowest BCUT2D eigenvalue weighted by atomic mass is 9.85. The molecule has 244 valence electrons. The summed E-state index contributed by atoms with van der Waals surface area (Å²) in [6.45, 7) is 0. The third kappa shape index (κ3) is 4.79. The van der Waals surface area contributed by atoms with Crippen molar-refractivity contribution in [3.8, 4) is 44.8 Å². The van der Waals surface area contributed by atoms with Crippen molar-refractivity contribution in [1.29, 1.82) is 0 Å². The van der Waals surface area contributed by atoms with E-state index < -0.39 is 0 Å². The maximum absolute atomic E-state index is 14.1. The Morgan fingerprint density at radius 2 is 0.769 bits per heavy atom. The highest BCUT2D eigenvalue weighted by Gasteiger charge is 2.19. The molecule has 0 amide bonds. The van der Waals surface area contributed by atoms with Crippen LogP contribution in [0.15, 0.2) is 199 Å². The van der Waals surface area contributed by atoms with Gasteiger partial charge in [-0.1, -0.05) is 146 Å². The van der Waals surface area contributed by atoms with Gasteiger partial charge in [-0.25, -0.2) is 4.79 Å². The van der Waals surface area contributed by atoms with Gasteiger partial charge in [0.05, 0.1) is 22.4 Å². The first-order valence-corrected chi connectivity index (χ1v) is 17.6. The summed E-state index contributed by atoms with van der Waals surface area (Å²) in [6, 6.07) is 67.9. The van der Waals surface area contributed by atoms with Gasteiger partial charge in [0.1, 0.15) is 0 Å². The quantitative estimate of drug-likeness (QED) is 0.168. The van der Waals surface area contributed by atoms with Crippen LogP contribution in [0, 0.1) is 0 Å². The molecule has 1 heterocycles. The maximum Gasteiger partial charge on any atom is 0.338 e. The average Bonchev–Trinajstić information content (AvgIpc) is 3.51. The van der Waals surface area contributed by atoms with Gasteiger partial charge in [0.2, 0.25) is 0 Å². The number of benzene rings is 9. The van der Waals surface area contributed by atoms with Crippen molar-refractivity contribution in [3.63, 3.8) is 0 Å². The van der Waals surface area contributed by atoms with Gasteiger partial charge in [0.15, 0.2) is 0 Å². The fourth-order valence-electron chi connectivity index (χ4n) is 8.00. The Labute approximate surface area is 300 Å². The van der Waals surface area contributed by atoms with Crippen LogP contribution in [0.5, 0.6) is 0 Å². The molecule has 3 nitrogen and oxygen atoms in total. The van der Waals surface area contributed by atoms with Crippen LogP contribution < -0.4 is 5.69 Å². The molecule has 0 saturated heterocycles. The lowest BCUT2D eigenvalue weighted by Crippen LogP contribution is -2.22. The zero-order valence-electron chi connectivity index (χ0n) is 28.3. The molecule has 0 N–H and O–H groups in total. The van der Waals surface area contributed by atoms with Crippen LogP contribution in [-0.4, -0.2) is 9.13 Å². The Bertz CT molecular complexity index is 2980. The van der Waals surface area contributed by atoms with Crippen LogP contribution in [0.4, 0.5) is 0 Å². The van der Waals surface area contributed by atoms with E-state index in [1.165, 1.54) is 49.0 Å². The van der Waals surface area contributed by atoms with E-state index in [0.29, 0.717) is 0 Å². The number of nitrogens with zero attached hydrogens (tertiary/aromatic N) is 2. The second-order valence-corrected chi connectivity index (χ2v) is 13.3. The molecule has 0 aliphatic rings. The highest BCUT2D eigenvalue weighted by molar-refractivity contribution is 6.21. The Hall–Kier alpha value is -6.97. The fourth-order valence-corrected chi connectivity index (χ4v) is 8.00. The van der Waals surface area contributed by atoms with Crippen molar-refractivity contribution in [2.24, 2.45) is 0 Å². The van der Waals surface area contributed by atoms with Crippen LogP contribution in [0.3, 0.4) is 0 Å². The van der Waals surface area contributed by atoms with Gasteiger partial charge in [0, 0.05) is 0 Å². The summed E-state index contributed by atoms with van der Waals surface area (Å²) in [6.07, 6.45) is 0. The predicted molar refractivity (Wildman–Crippen MR) is 218 cm³/mol. The van der Waals surface area contributed by atoms with Crippen molar-refractivity contribution < 1.29 is 0 Å². The SMILES string of the molecule is O=c1n(-c2ccccc2)c2ccccc2n1-c1cccc(-c2cccc(-c3c4ccccc4c(-c4ccc5ccccc5c4)c4ccccc34)c2)c1. The molecule has 0 atom stereocenters. The molecule has 9 aromatic carbocycles. The summed E-state index contributed by atoms with van der Waals surface area (Å²) in [5.74, 6) is 0. The fraction of sp³-hybridized carbons (Fsp3) is 0. The molecule has 3 heteroatoms. The minimum atomic E-state index is -0.0947. The molecule has 0 aliphatic heterocycles. The van der Waals surface area contributed by atoms with E-state index in [2.05, 4.69) is 127 Å². The summed E-state index contributed by atoms with van der Waals surface area (Å²) >= 11 is 0. The van der Waals surface area contributed by atoms with Gasteiger partial charge in [0.25, 0.3) is 0 Å². The first-order chi connectivity index (χ1) is 25.7. The average molecular weight is 665 g/mol. The molecular formula is C49H32N2O. The molecule has 0 aliphatic carbocycles. The van der Waals surface area contributed by atoms with Gasteiger partial charge in [-0.3, -0.25) is 9.13 Å². The van der Waals surface area contributed by atoms with Crippen molar-refractivity contribution in [2.75, 3.05) is 0 Å². The second-order valence-electron chi connectivity index (χ2n) is 13.3. The van der Waals surface area contributed by atoms with Crippen LogP contribution >= 0.6 is 0 Å².